The molecular weight excluding hydrogens is 170 g/mol. The summed E-state index contributed by atoms with van der Waals surface area (Å²) < 4.78 is 2.17. The molecule has 0 atom stereocenters. The van der Waals surface area contributed by atoms with Crippen LogP contribution < -0.4 is 0 Å². The zero-order chi connectivity index (χ0) is 9.97. The van der Waals surface area contributed by atoms with Gasteiger partial charge in [-0.1, -0.05) is 25.5 Å². The molecule has 0 saturated heterocycles. The second-order valence-corrected chi connectivity index (χ2v) is 3.73. The quantitative estimate of drug-likeness (QED) is 0.693. The van der Waals surface area contributed by atoms with Crippen molar-refractivity contribution in [1.29, 1.82) is 0 Å². The van der Waals surface area contributed by atoms with E-state index in [4.69, 9.17) is 0 Å². The van der Waals surface area contributed by atoms with E-state index in [0.717, 1.165) is 12.8 Å². The van der Waals surface area contributed by atoms with Crippen molar-refractivity contribution in [1.82, 2.24) is 4.57 Å². The molecule has 0 aliphatic heterocycles. The normalized spacial score (nSPS) is 11.0. The smallest absolute Gasteiger partial charge is 0.0480 e. The number of fused-ring (bicyclic) bond motifs is 1. The fourth-order valence-corrected chi connectivity index (χ4v) is 1.90. The molecule has 0 unspecified atom stereocenters. The number of hydrogen-bond acceptors (Lipinski definition) is 0. The average Bonchev–Trinajstić information content (AvgIpc) is 2.58. The van der Waals surface area contributed by atoms with Crippen LogP contribution in [0, 0.1) is 6.92 Å². The molecule has 1 heteroatoms. The number of aryl methyl sites for hydroxylation is 2. The lowest BCUT2D eigenvalue weighted by molar-refractivity contribution is 0.846. The van der Waals surface area contributed by atoms with Crippen LogP contribution in [0.3, 0.4) is 0 Å². The summed E-state index contributed by atoms with van der Waals surface area (Å²) in [5.41, 5.74) is 2.78. The van der Waals surface area contributed by atoms with Crippen molar-refractivity contribution in [2.45, 2.75) is 19.3 Å². The summed E-state index contributed by atoms with van der Waals surface area (Å²) in [7, 11) is 2.09. The second-order valence-electron chi connectivity index (χ2n) is 3.73. The molecular formula is C13H16N. The van der Waals surface area contributed by atoms with E-state index < -0.39 is 0 Å². The standard InChI is InChI=1S/C13H16N/c1-3-4-6-11-7-5-8-13-12(11)9-10-14(13)2/h5,7-10H,1,3-4,6H2,2H3. The third kappa shape index (κ3) is 1.54. The molecule has 0 saturated carbocycles. The van der Waals surface area contributed by atoms with Gasteiger partial charge in [0.25, 0.3) is 0 Å². The summed E-state index contributed by atoms with van der Waals surface area (Å²) in [4.78, 5) is 0. The highest BCUT2D eigenvalue weighted by Gasteiger charge is 2.02. The van der Waals surface area contributed by atoms with Crippen LogP contribution in [0.4, 0.5) is 0 Å². The zero-order valence-corrected chi connectivity index (χ0v) is 8.66. The highest BCUT2D eigenvalue weighted by atomic mass is 14.9. The molecule has 0 aliphatic carbocycles. The van der Waals surface area contributed by atoms with Crippen LogP contribution in [0.25, 0.3) is 10.9 Å². The van der Waals surface area contributed by atoms with E-state index in [2.05, 4.69) is 49.0 Å². The molecule has 2 rings (SSSR count). The number of rotatable bonds is 3. The summed E-state index contributed by atoms with van der Waals surface area (Å²) >= 11 is 0. The van der Waals surface area contributed by atoms with E-state index in [9.17, 15) is 0 Å². The first kappa shape index (κ1) is 9.32. The van der Waals surface area contributed by atoms with Crippen molar-refractivity contribution in [3.8, 4) is 0 Å². The minimum Gasteiger partial charge on any atom is -0.351 e. The number of benzene rings is 1. The lowest BCUT2D eigenvalue weighted by Gasteiger charge is -2.02. The Balaban J connectivity index is 2.44. The lowest BCUT2D eigenvalue weighted by Crippen LogP contribution is -1.88. The molecule has 1 radical (unpaired) electrons. The van der Waals surface area contributed by atoms with Gasteiger partial charge >= 0.3 is 0 Å². The summed E-state index contributed by atoms with van der Waals surface area (Å²) in [5, 5.41) is 1.39. The summed E-state index contributed by atoms with van der Waals surface area (Å²) in [6, 6.07) is 8.73. The van der Waals surface area contributed by atoms with Gasteiger partial charge in [-0.05, 0) is 30.5 Å². The fourth-order valence-electron chi connectivity index (χ4n) is 1.90. The molecule has 0 aliphatic rings. The van der Waals surface area contributed by atoms with Crippen LogP contribution in [0.1, 0.15) is 18.4 Å². The van der Waals surface area contributed by atoms with Crippen molar-refractivity contribution in [3.63, 3.8) is 0 Å². The molecule has 1 heterocycles. The van der Waals surface area contributed by atoms with Crippen molar-refractivity contribution >= 4 is 10.9 Å². The topological polar surface area (TPSA) is 4.93 Å². The first-order valence-corrected chi connectivity index (χ1v) is 5.15. The van der Waals surface area contributed by atoms with Gasteiger partial charge < -0.3 is 4.57 Å². The maximum absolute atomic E-state index is 3.88. The summed E-state index contributed by atoms with van der Waals surface area (Å²) in [5.74, 6) is 0. The highest BCUT2D eigenvalue weighted by molar-refractivity contribution is 5.83. The van der Waals surface area contributed by atoms with E-state index in [0.29, 0.717) is 0 Å². The molecule has 1 nitrogen and oxygen atoms in total. The lowest BCUT2D eigenvalue weighted by atomic mass is 10.0. The van der Waals surface area contributed by atoms with Crippen molar-refractivity contribution in [3.05, 3.63) is 42.9 Å². The van der Waals surface area contributed by atoms with Gasteiger partial charge in [-0.3, -0.25) is 0 Å². The van der Waals surface area contributed by atoms with Gasteiger partial charge in [0.2, 0.25) is 0 Å². The number of unbranched alkanes of at least 4 members (excludes halogenated alkanes) is 1. The molecule has 1 aromatic heterocycles. The molecule has 0 bridgehead atoms. The molecule has 73 valence electrons. The first-order valence-electron chi connectivity index (χ1n) is 5.15. The monoisotopic (exact) mass is 186 g/mol. The molecule has 0 fully saturated rings. The van der Waals surface area contributed by atoms with Gasteiger partial charge in [-0.2, -0.15) is 0 Å². The van der Waals surface area contributed by atoms with Crippen LogP contribution >= 0.6 is 0 Å². The Hall–Kier alpha value is -1.24. The fraction of sp³-hybridized carbons (Fsp3) is 0.308. The van der Waals surface area contributed by atoms with Gasteiger partial charge in [0.1, 0.15) is 0 Å². The maximum atomic E-state index is 3.88. The summed E-state index contributed by atoms with van der Waals surface area (Å²) in [6.45, 7) is 3.88. The van der Waals surface area contributed by atoms with E-state index in [-0.39, 0.29) is 0 Å². The molecule has 1 aromatic carbocycles. The molecule has 0 spiro atoms. The SMILES string of the molecule is [CH2]CCCc1cccc2c1ccn2C. The van der Waals surface area contributed by atoms with Gasteiger partial charge in [0, 0.05) is 24.1 Å². The number of nitrogens with zero attached hydrogens (tertiary/aromatic N) is 1. The number of hydrogen-bond donors (Lipinski definition) is 0. The Kier molecular flexibility index (Phi) is 2.58. The first-order chi connectivity index (χ1) is 6.83. The molecule has 14 heavy (non-hydrogen) atoms. The van der Waals surface area contributed by atoms with Gasteiger partial charge in [-0.15, -0.1) is 0 Å². The van der Waals surface area contributed by atoms with E-state index in [1.54, 1.807) is 0 Å². The maximum Gasteiger partial charge on any atom is 0.0480 e. The van der Waals surface area contributed by atoms with Crippen molar-refractivity contribution < 1.29 is 0 Å². The van der Waals surface area contributed by atoms with Crippen molar-refractivity contribution in [2.75, 3.05) is 0 Å². The van der Waals surface area contributed by atoms with E-state index in [1.807, 2.05) is 0 Å². The highest BCUT2D eigenvalue weighted by Crippen LogP contribution is 2.20. The summed E-state index contributed by atoms with van der Waals surface area (Å²) in [6.07, 6.45) is 5.46. The van der Waals surface area contributed by atoms with Crippen molar-refractivity contribution in [2.24, 2.45) is 7.05 Å². The Labute approximate surface area is 85.4 Å². The predicted octanol–water partition coefficient (Wildman–Crippen LogP) is 3.34. The van der Waals surface area contributed by atoms with Gasteiger partial charge in [-0.25, -0.2) is 0 Å². The Bertz CT molecular complexity index is 426. The van der Waals surface area contributed by atoms with Crippen LogP contribution in [0.5, 0.6) is 0 Å². The molecule has 2 aromatic rings. The average molecular weight is 186 g/mol. The van der Waals surface area contributed by atoms with Crippen LogP contribution in [0.15, 0.2) is 30.5 Å². The van der Waals surface area contributed by atoms with Crippen LogP contribution in [-0.2, 0) is 13.5 Å². The number of aromatic nitrogens is 1. The Morgan fingerprint density at radius 1 is 1.29 bits per heavy atom. The second kappa shape index (κ2) is 3.87. The minimum absolute atomic E-state index is 1.02. The Morgan fingerprint density at radius 2 is 2.14 bits per heavy atom. The third-order valence-corrected chi connectivity index (χ3v) is 2.71. The van der Waals surface area contributed by atoms with E-state index in [1.165, 1.54) is 22.9 Å². The molecule has 0 N–H and O–H groups in total. The Morgan fingerprint density at radius 3 is 2.93 bits per heavy atom. The zero-order valence-electron chi connectivity index (χ0n) is 8.66. The largest absolute Gasteiger partial charge is 0.351 e. The molecule has 0 amide bonds. The van der Waals surface area contributed by atoms with Crippen LogP contribution in [0.2, 0.25) is 0 Å². The third-order valence-electron chi connectivity index (χ3n) is 2.71. The van der Waals surface area contributed by atoms with Gasteiger partial charge in [0.05, 0.1) is 0 Å². The van der Waals surface area contributed by atoms with Gasteiger partial charge in [0.15, 0.2) is 0 Å². The minimum atomic E-state index is 1.02. The predicted molar refractivity (Wildman–Crippen MR) is 61.2 cm³/mol. The van der Waals surface area contributed by atoms with Crippen LogP contribution in [-0.4, -0.2) is 4.57 Å². The van der Waals surface area contributed by atoms with E-state index >= 15 is 0 Å².